The van der Waals surface area contributed by atoms with Gasteiger partial charge in [-0.15, -0.1) is 5.92 Å². The van der Waals surface area contributed by atoms with Crippen LogP contribution in [0.15, 0.2) is 59.3 Å². The zero-order valence-corrected chi connectivity index (χ0v) is 15.6. The van der Waals surface area contributed by atoms with Crippen molar-refractivity contribution in [1.29, 1.82) is 0 Å². The highest BCUT2D eigenvalue weighted by Gasteiger charge is 2.36. The molecule has 0 saturated heterocycles. The van der Waals surface area contributed by atoms with Crippen LogP contribution in [0, 0.1) is 18.8 Å². The molecule has 0 radical (unpaired) electrons. The predicted molar refractivity (Wildman–Crippen MR) is 104 cm³/mol. The molecule has 28 heavy (non-hydrogen) atoms. The van der Waals surface area contributed by atoms with Gasteiger partial charge in [0.2, 0.25) is 5.89 Å². The first-order valence-electron chi connectivity index (χ1n) is 9.07. The summed E-state index contributed by atoms with van der Waals surface area (Å²) < 4.78 is 6.99. The number of carboxylic acids is 1. The van der Waals surface area contributed by atoms with Gasteiger partial charge < -0.3 is 19.2 Å². The molecule has 2 N–H and O–H groups in total. The minimum Gasteiger partial charge on any atom is -0.478 e. The molecule has 0 spiro atoms. The van der Waals surface area contributed by atoms with Crippen molar-refractivity contribution in [2.45, 2.75) is 38.3 Å². The van der Waals surface area contributed by atoms with Crippen molar-refractivity contribution < 1.29 is 19.4 Å². The average Bonchev–Trinajstić information content (AvgIpc) is 3.35. The van der Waals surface area contributed by atoms with E-state index in [1.54, 1.807) is 12.1 Å². The van der Waals surface area contributed by atoms with Gasteiger partial charge in [-0.05, 0) is 44.0 Å². The first-order chi connectivity index (χ1) is 13.5. The third-order valence-corrected chi connectivity index (χ3v) is 4.46. The van der Waals surface area contributed by atoms with Crippen LogP contribution in [0.5, 0.6) is 0 Å². The van der Waals surface area contributed by atoms with Crippen molar-refractivity contribution in [2.24, 2.45) is 0 Å². The summed E-state index contributed by atoms with van der Waals surface area (Å²) in [6, 6.07) is 13.0. The molecule has 0 saturated carbocycles. The zero-order chi connectivity index (χ0) is 20.0. The van der Waals surface area contributed by atoms with E-state index in [-0.39, 0.29) is 6.42 Å². The van der Waals surface area contributed by atoms with E-state index in [9.17, 15) is 15.0 Å². The number of carbonyl (C=O) groups is 1. The van der Waals surface area contributed by atoms with E-state index in [0.29, 0.717) is 12.3 Å². The normalized spacial score (nSPS) is 12.8. The van der Waals surface area contributed by atoms with E-state index in [4.69, 9.17) is 4.42 Å². The van der Waals surface area contributed by atoms with Gasteiger partial charge in [0.15, 0.2) is 0 Å². The lowest BCUT2D eigenvalue weighted by Crippen LogP contribution is -2.40. The highest BCUT2D eigenvalue weighted by molar-refractivity contribution is 5.75. The Morgan fingerprint density at radius 2 is 1.89 bits per heavy atom. The van der Waals surface area contributed by atoms with Crippen molar-refractivity contribution in [3.05, 3.63) is 66.3 Å². The topological polar surface area (TPSA) is 88.5 Å². The Morgan fingerprint density at radius 3 is 2.57 bits per heavy atom. The Morgan fingerprint density at radius 1 is 1.18 bits per heavy atom. The van der Waals surface area contributed by atoms with Crippen LogP contribution in [0.25, 0.3) is 11.5 Å². The van der Waals surface area contributed by atoms with Crippen LogP contribution < -0.4 is 0 Å². The lowest BCUT2D eigenvalue weighted by atomic mass is 10.1. The fraction of sp³-hybridized carbons (Fsp3) is 0.273. The number of aliphatic hydroxyl groups is 1. The largest absolute Gasteiger partial charge is 0.478 e. The number of benzene rings is 1. The van der Waals surface area contributed by atoms with Crippen LogP contribution in [0.3, 0.4) is 0 Å². The molecule has 6 nitrogen and oxygen atoms in total. The Bertz CT molecular complexity index is 981. The molecule has 144 valence electrons. The Kier molecular flexibility index (Phi) is 5.97. The molecule has 0 aliphatic rings. The van der Waals surface area contributed by atoms with Crippen LogP contribution in [0.2, 0.25) is 0 Å². The van der Waals surface area contributed by atoms with E-state index in [1.807, 2.05) is 37.3 Å². The maximum absolute atomic E-state index is 11.4. The molecule has 2 heterocycles. The number of nitrogens with zero attached hydrogens (tertiary/aromatic N) is 2. The molecular weight excluding hydrogens is 356 g/mol. The zero-order valence-electron chi connectivity index (χ0n) is 15.6. The second kappa shape index (κ2) is 8.59. The standard InChI is InChI=1S/C22H22N2O4/c1-17-19(23-20(28-17)18-11-5-4-6-12-18)13-7-2-3-8-14-22(27,21(25)26)24-15-9-10-16-24/h4-6,9-12,15-16,27H,2,7,13-14H2,1H3,(H,25,26). The molecule has 0 aliphatic carbocycles. The average molecular weight is 378 g/mol. The molecule has 0 amide bonds. The summed E-state index contributed by atoms with van der Waals surface area (Å²) in [5.41, 5.74) is -0.214. The van der Waals surface area contributed by atoms with E-state index in [1.165, 1.54) is 17.0 Å². The van der Waals surface area contributed by atoms with Gasteiger partial charge in [-0.25, -0.2) is 9.78 Å². The van der Waals surface area contributed by atoms with Crippen LogP contribution in [-0.2, 0) is 16.9 Å². The fourth-order valence-corrected chi connectivity index (χ4v) is 2.84. The van der Waals surface area contributed by atoms with Gasteiger partial charge >= 0.3 is 5.97 Å². The number of aromatic nitrogens is 2. The minimum atomic E-state index is -2.05. The fourth-order valence-electron chi connectivity index (χ4n) is 2.84. The molecule has 1 unspecified atom stereocenters. The number of oxazole rings is 1. The van der Waals surface area contributed by atoms with Gasteiger partial charge in [0, 0.05) is 24.4 Å². The molecule has 2 aromatic heterocycles. The van der Waals surface area contributed by atoms with Crippen molar-refractivity contribution >= 4 is 5.97 Å². The summed E-state index contributed by atoms with van der Waals surface area (Å²) in [6.07, 6.45) is 4.90. The number of aliphatic carboxylic acids is 1. The minimum absolute atomic E-state index is 0.182. The quantitative estimate of drug-likeness (QED) is 0.484. The monoisotopic (exact) mass is 378 g/mol. The molecule has 3 aromatic rings. The van der Waals surface area contributed by atoms with Crippen LogP contribution in [0.1, 0.15) is 30.7 Å². The van der Waals surface area contributed by atoms with Gasteiger partial charge in [-0.2, -0.15) is 0 Å². The molecule has 1 atom stereocenters. The molecule has 1 aromatic carbocycles. The lowest BCUT2D eigenvalue weighted by molar-refractivity contribution is -0.169. The van der Waals surface area contributed by atoms with Crippen molar-refractivity contribution in [2.75, 3.05) is 0 Å². The van der Waals surface area contributed by atoms with Crippen molar-refractivity contribution in [3.8, 4) is 23.3 Å². The Labute approximate surface area is 163 Å². The number of aryl methyl sites for hydroxylation is 2. The van der Waals surface area contributed by atoms with Gasteiger partial charge in [0.05, 0.1) is 12.1 Å². The third-order valence-electron chi connectivity index (χ3n) is 4.46. The molecule has 6 heteroatoms. The Balaban J connectivity index is 1.54. The number of unbranched alkanes of at least 4 members (excludes halogenated alkanes) is 1. The molecule has 0 fully saturated rings. The maximum atomic E-state index is 11.4. The second-order valence-corrected chi connectivity index (χ2v) is 6.48. The molecular formula is C22H22N2O4. The first-order valence-corrected chi connectivity index (χ1v) is 9.07. The second-order valence-electron chi connectivity index (χ2n) is 6.48. The highest BCUT2D eigenvalue weighted by atomic mass is 16.4. The number of carboxylic acid groups (broad SMARTS) is 1. The lowest BCUT2D eigenvalue weighted by Gasteiger charge is -2.22. The summed E-state index contributed by atoms with van der Waals surface area (Å²) in [7, 11) is 0. The summed E-state index contributed by atoms with van der Waals surface area (Å²) >= 11 is 0. The number of hydrogen-bond donors (Lipinski definition) is 2. The van der Waals surface area contributed by atoms with Gasteiger partial charge in [-0.3, -0.25) is 0 Å². The van der Waals surface area contributed by atoms with E-state index in [2.05, 4.69) is 16.8 Å². The predicted octanol–water partition coefficient (Wildman–Crippen LogP) is 3.60. The van der Waals surface area contributed by atoms with Crippen LogP contribution >= 0.6 is 0 Å². The summed E-state index contributed by atoms with van der Waals surface area (Å²) in [5.74, 6) is 5.79. The molecule has 0 aliphatic heterocycles. The molecule has 3 rings (SSSR count). The third kappa shape index (κ3) is 4.33. The summed E-state index contributed by atoms with van der Waals surface area (Å²) in [5, 5.41) is 19.7. The number of hydrogen-bond acceptors (Lipinski definition) is 4. The van der Waals surface area contributed by atoms with E-state index in [0.717, 1.165) is 29.9 Å². The molecule has 0 bridgehead atoms. The van der Waals surface area contributed by atoms with E-state index >= 15 is 0 Å². The van der Waals surface area contributed by atoms with Gasteiger partial charge in [-0.1, -0.05) is 24.1 Å². The maximum Gasteiger partial charge on any atom is 0.358 e. The van der Waals surface area contributed by atoms with Crippen LogP contribution in [-0.4, -0.2) is 25.7 Å². The smallest absolute Gasteiger partial charge is 0.358 e. The van der Waals surface area contributed by atoms with Crippen molar-refractivity contribution in [3.63, 3.8) is 0 Å². The van der Waals surface area contributed by atoms with E-state index < -0.39 is 11.7 Å². The SMILES string of the molecule is Cc1oc(-c2ccccc2)nc1CCCC#CCC(O)(C(=O)O)n1cccc1. The highest BCUT2D eigenvalue weighted by Crippen LogP contribution is 2.22. The van der Waals surface area contributed by atoms with Gasteiger partial charge in [0.1, 0.15) is 5.76 Å². The Hall–Kier alpha value is -3.30. The number of rotatable bonds is 7. The van der Waals surface area contributed by atoms with Crippen molar-refractivity contribution in [1.82, 2.24) is 9.55 Å². The summed E-state index contributed by atoms with van der Waals surface area (Å²) in [6.45, 7) is 1.89. The van der Waals surface area contributed by atoms with Gasteiger partial charge in [0.25, 0.3) is 5.72 Å². The van der Waals surface area contributed by atoms with Crippen LogP contribution in [0.4, 0.5) is 0 Å². The first kappa shape index (κ1) is 19.5. The summed E-state index contributed by atoms with van der Waals surface area (Å²) in [4.78, 5) is 16.0.